The smallest absolute Gasteiger partial charge is 0.335 e. The zero-order chi connectivity index (χ0) is 50.1. The van der Waals surface area contributed by atoms with E-state index < -0.39 is 80.4 Å². The summed E-state index contributed by atoms with van der Waals surface area (Å²) in [5, 5.41) is 61.9. The van der Waals surface area contributed by atoms with Gasteiger partial charge in [0.05, 0.1) is 44.4 Å². The predicted octanol–water partition coefficient (Wildman–Crippen LogP) is 10.1. The van der Waals surface area contributed by atoms with Crippen LogP contribution < -0.4 is 4.74 Å². The van der Waals surface area contributed by atoms with Crippen molar-refractivity contribution in [1.82, 2.24) is 14.8 Å². The van der Waals surface area contributed by atoms with Crippen molar-refractivity contribution < 1.29 is 63.8 Å². The predicted molar refractivity (Wildman–Crippen MR) is 253 cm³/mol. The molecule has 0 atom stereocenters. The molecule has 0 aliphatic carbocycles. The van der Waals surface area contributed by atoms with Crippen LogP contribution in [0.15, 0.2) is 150 Å². The summed E-state index contributed by atoms with van der Waals surface area (Å²) in [5.74, 6) is -3.53. The molecule has 0 aliphatic heterocycles. The van der Waals surface area contributed by atoms with Gasteiger partial charge >= 0.3 is 5.97 Å². The van der Waals surface area contributed by atoms with Gasteiger partial charge in [-0.1, -0.05) is 59.9 Å². The number of hydrogen-bond donors (Lipinski definition) is 6. The molecule has 6 aromatic carbocycles. The van der Waals surface area contributed by atoms with E-state index in [0.29, 0.717) is 28.0 Å². The largest absolute Gasteiger partial charge is 0.505 e. The van der Waals surface area contributed by atoms with E-state index in [1.54, 1.807) is 37.3 Å². The Balaban J connectivity index is 1.16. The van der Waals surface area contributed by atoms with Gasteiger partial charge in [0, 0.05) is 22.4 Å². The van der Waals surface area contributed by atoms with Crippen LogP contribution >= 0.6 is 11.3 Å². The topological polar surface area (TPSA) is 355 Å². The average Bonchev–Trinajstić information content (AvgIpc) is 3.88. The normalized spacial score (nSPS) is 12.6. The average molecular weight is 1030 g/mol. The van der Waals surface area contributed by atoms with Crippen LogP contribution in [0.3, 0.4) is 0 Å². The standard InChI is InChI=1S/C43H33N9O14S4/c1-23-18-34(35(66-16-7-17-68(57,58)59)22-33(23)47-50-43-44-30-10-5-6-11-36(30)67-43)48-45-31-14-13-29-28(39(31)53)12-15-32(40(29)70(63,64)65)46-49-38-37(24-8-3-2-4-9-24)51-52(41(38)54)26-19-25(42(55)56)20-27(21-26)69(60,61)62/h2-6,8-15,18-22,53-54H,7,16-17H2,1H3,(H,55,56)(H,57,58,59)(H,60,61,62)(H,63,64,65). The maximum Gasteiger partial charge on any atom is 0.335 e. The Morgan fingerprint density at radius 2 is 1.39 bits per heavy atom. The van der Waals surface area contributed by atoms with Crippen molar-refractivity contribution in [2.75, 3.05) is 12.4 Å². The molecule has 2 aromatic heterocycles. The fourth-order valence-electron chi connectivity index (χ4n) is 6.81. The number of benzene rings is 6. The summed E-state index contributed by atoms with van der Waals surface area (Å²) in [4.78, 5) is 14.7. The van der Waals surface area contributed by atoms with Crippen LogP contribution in [-0.2, 0) is 30.4 Å². The molecule has 0 unspecified atom stereocenters. The molecule has 358 valence electrons. The van der Waals surface area contributed by atoms with E-state index in [4.69, 9.17) is 4.74 Å². The van der Waals surface area contributed by atoms with Gasteiger partial charge in [0.1, 0.15) is 33.4 Å². The molecule has 8 rings (SSSR count). The van der Waals surface area contributed by atoms with Crippen LogP contribution in [0, 0.1) is 6.92 Å². The number of aryl methyl sites for hydroxylation is 1. The minimum absolute atomic E-state index is 0.0653. The number of nitrogens with zero attached hydrogens (tertiary/aromatic N) is 9. The van der Waals surface area contributed by atoms with Crippen LogP contribution in [0.4, 0.5) is 33.6 Å². The lowest BCUT2D eigenvalue weighted by molar-refractivity contribution is 0.0696. The van der Waals surface area contributed by atoms with E-state index in [0.717, 1.165) is 33.1 Å². The van der Waals surface area contributed by atoms with E-state index in [1.807, 2.05) is 24.3 Å². The molecule has 0 spiro atoms. The number of phenolic OH excluding ortho intramolecular Hbond substituents is 1. The third kappa shape index (κ3) is 10.7. The number of para-hydroxylation sites is 1. The first-order valence-corrected chi connectivity index (χ1v) is 25.3. The van der Waals surface area contributed by atoms with Crippen molar-refractivity contribution in [3.05, 3.63) is 120 Å². The minimum atomic E-state index is -5.18. The Morgan fingerprint density at radius 1 is 0.714 bits per heavy atom. The van der Waals surface area contributed by atoms with Crippen LogP contribution in [0.5, 0.6) is 17.4 Å². The number of phenols is 1. The number of thiazole rings is 1. The summed E-state index contributed by atoms with van der Waals surface area (Å²) in [5.41, 5.74) is -0.145. The highest BCUT2D eigenvalue weighted by molar-refractivity contribution is 7.86. The lowest BCUT2D eigenvalue weighted by Gasteiger charge is -2.11. The number of ether oxygens (including phenoxy) is 1. The van der Waals surface area contributed by atoms with Gasteiger partial charge in [-0.15, -0.1) is 30.7 Å². The number of fused-ring (bicyclic) bond motifs is 2. The lowest BCUT2D eigenvalue weighted by Crippen LogP contribution is -2.08. The number of rotatable bonds is 16. The van der Waals surface area contributed by atoms with E-state index in [9.17, 15) is 59.0 Å². The molecule has 6 N–H and O–H groups in total. The lowest BCUT2D eigenvalue weighted by atomic mass is 10.1. The maximum absolute atomic E-state index is 13.0. The summed E-state index contributed by atoms with van der Waals surface area (Å²) in [6.45, 7) is 1.51. The molecule has 23 nitrogen and oxygen atoms in total. The highest BCUT2D eigenvalue weighted by atomic mass is 32.2. The Bertz CT molecular complexity index is 3810. The Morgan fingerprint density at radius 3 is 2.09 bits per heavy atom. The van der Waals surface area contributed by atoms with Crippen molar-refractivity contribution in [2.45, 2.75) is 23.1 Å². The molecule has 0 amide bonds. The second-order valence-electron chi connectivity index (χ2n) is 14.9. The van der Waals surface area contributed by atoms with Gasteiger partial charge in [0.25, 0.3) is 30.4 Å². The second kappa shape index (κ2) is 19.2. The fourth-order valence-corrected chi connectivity index (χ4v) is 9.45. The van der Waals surface area contributed by atoms with Crippen LogP contribution in [0.25, 0.3) is 37.9 Å². The van der Waals surface area contributed by atoms with Crippen molar-refractivity contribution >= 4 is 102 Å². The molecule has 0 radical (unpaired) electrons. The molecule has 0 fully saturated rings. The van der Waals surface area contributed by atoms with Crippen LogP contribution in [-0.4, -0.2) is 87.3 Å². The Kier molecular flexibility index (Phi) is 13.3. The molecule has 0 aliphatic rings. The van der Waals surface area contributed by atoms with Gasteiger partial charge in [-0.2, -0.15) is 35.0 Å². The third-order valence-corrected chi connectivity index (χ3v) is 13.5. The number of azo groups is 3. The zero-order valence-electron chi connectivity index (χ0n) is 35.6. The second-order valence-corrected chi connectivity index (χ2v) is 20.2. The summed E-state index contributed by atoms with van der Waals surface area (Å²) < 4.78 is 110. The van der Waals surface area contributed by atoms with Gasteiger partial charge in [0.2, 0.25) is 11.0 Å². The van der Waals surface area contributed by atoms with Gasteiger partial charge in [-0.25, -0.2) is 9.78 Å². The van der Waals surface area contributed by atoms with Gasteiger partial charge in [0.15, 0.2) is 11.4 Å². The molecule has 2 heterocycles. The molecule has 0 bridgehead atoms. The Hall–Kier alpha value is -7.92. The van der Waals surface area contributed by atoms with Crippen molar-refractivity contribution in [3.63, 3.8) is 0 Å². The van der Waals surface area contributed by atoms with Gasteiger partial charge in [-0.05, 0) is 73.5 Å². The molecule has 0 saturated heterocycles. The number of aromatic nitrogens is 3. The number of carboxylic acid groups (broad SMARTS) is 1. The maximum atomic E-state index is 13.0. The van der Waals surface area contributed by atoms with E-state index in [1.165, 1.54) is 41.7 Å². The first kappa shape index (κ1) is 48.5. The van der Waals surface area contributed by atoms with Crippen molar-refractivity contribution in [3.8, 4) is 34.3 Å². The Labute approximate surface area is 399 Å². The van der Waals surface area contributed by atoms with Gasteiger partial charge < -0.3 is 20.1 Å². The molecule has 27 heteroatoms. The first-order chi connectivity index (χ1) is 33.1. The monoisotopic (exact) mass is 1030 g/mol. The third-order valence-electron chi connectivity index (χ3n) is 10.0. The van der Waals surface area contributed by atoms with Crippen LogP contribution in [0.2, 0.25) is 0 Å². The molecular formula is C43H33N9O14S4. The quantitative estimate of drug-likeness (QED) is 0.0298. The number of aromatic carboxylic acids is 1. The molecular weight excluding hydrogens is 995 g/mol. The van der Waals surface area contributed by atoms with Gasteiger partial charge in [-0.3, -0.25) is 13.7 Å². The fraction of sp³-hybridized carbons (Fsp3) is 0.0930. The first-order valence-electron chi connectivity index (χ1n) is 20.0. The molecule has 0 saturated carbocycles. The summed E-state index contributed by atoms with van der Waals surface area (Å²) in [7, 11) is -14.4. The number of hydrogen-bond acceptors (Lipinski definition) is 19. The SMILES string of the molecule is Cc1cc(N=Nc2ccc3c(S(=O)(=O)O)c(N=Nc4c(-c5ccccc5)nn(-c5cc(C(=O)O)cc(S(=O)(=O)O)c5)c4O)ccc3c2O)c(OCCCS(=O)(=O)O)cc1N=Nc1nc2ccccc2s1. The van der Waals surface area contributed by atoms with Crippen LogP contribution in [0.1, 0.15) is 22.3 Å². The molecule has 8 aromatic rings. The van der Waals surface area contributed by atoms with Crippen molar-refractivity contribution in [1.29, 1.82) is 0 Å². The number of aromatic hydroxyl groups is 2. The summed E-state index contributed by atoms with van der Waals surface area (Å²) >= 11 is 1.32. The highest BCUT2D eigenvalue weighted by Gasteiger charge is 2.26. The van der Waals surface area contributed by atoms with E-state index >= 15 is 0 Å². The minimum Gasteiger partial charge on any atom is -0.505 e. The number of carbonyl (C=O) groups is 1. The number of carboxylic acids is 1. The van der Waals surface area contributed by atoms with Crippen molar-refractivity contribution in [2.24, 2.45) is 30.7 Å². The van der Waals surface area contributed by atoms with E-state index in [2.05, 4.69) is 40.8 Å². The zero-order valence-corrected chi connectivity index (χ0v) is 38.9. The summed E-state index contributed by atoms with van der Waals surface area (Å²) in [6, 6.07) is 25.6. The summed E-state index contributed by atoms with van der Waals surface area (Å²) in [6.07, 6.45) is -0.0998. The highest BCUT2D eigenvalue weighted by Crippen LogP contribution is 2.45. The van der Waals surface area contributed by atoms with E-state index in [-0.39, 0.29) is 52.3 Å². The molecule has 70 heavy (non-hydrogen) atoms.